The second kappa shape index (κ2) is 9.05. The van der Waals surface area contributed by atoms with Gasteiger partial charge in [-0.25, -0.2) is 0 Å². The lowest BCUT2D eigenvalue weighted by atomic mass is 10.1. The zero-order valence-electron chi connectivity index (χ0n) is 17.0. The van der Waals surface area contributed by atoms with Crippen molar-refractivity contribution in [3.8, 4) is 5.75 Å². The summed E-state index contributed by atoms with van der Waals surface area (Å²) < 4.78 is 13.2. The summed E-state index contributed by atoms with van der Waals surface area (Å²) in [4.78, 5) is 29.7. The normalized spacial score (nSPS) is 11.7. The van der Waals surface area contributed by atoms with Gasteiger partial charge in [-0.2, -0.15) is 4.99 Å². The number of carbonyl (C=O) groups is 2. The van der Waals surface area contributed by atoms with Gasteiger partial charge in [0, 0.05) is 18.2 Å². The van der Waals surface area contributed by atoms with Crippen LogP contribution in [0.4, 0.5) is 0 Å². The Bertz CT molecular complexity index is 1130. The van der Waals surface area contributed by atoms with Crippen molar-refractivity contribution in [2.45, 2.75) is 33.7 Å². The minimum absolute atomic E-state index is 0.196. The van der Waals surface area contributed by atoms with Crippen LogP contribution in [0.25, 0.3) is 10.2 Å². The van der Waals surface area contributed by atoms with Crippen molar-refractivity contribution < 1.29 is 19.1 Å². The topological polar surface area (TPSA) is 69.9 Å². The molecule has 0 bridgehead atoms. The van der Waals surface area contributed by atoms with E-state index in [4.69, 9.17) is 9.47 Å². The summed E-state index contributed by atoms with van der Waals surface area (Å²) in [6, 6.07) is 11.4. The third-order valence-corrected chi connectivity index (χ3v) is 5.61. The molecule has 1 heterocycles. The van der Waals surface area contributed by atoms with Crippen molar-refractivity contribution in [1.29, 1.82) is 0 Å². The van der Waals surface area contributed by atoms with Gasteiger partial charge in [-0.15, -0.1) is 0 Å². The van der Waals surface area contributed by atoms with Crippen molar-refractivity contribution >= 4 is 33.4 Å². The minimum atomic E-state index is -0.297. The molecule has 152 valence electrons. The highest BCUT2D eigenvalue weighted by Gasteiger charge is 2.13. The fourth-order valence-electron chi connectivity index (χ4n) is 3.03. The molecule has 0 unspecified atom stereocenters. The van der Waals surface area contributed by atoms with Crippen molar-refractivity contribution in [2.75, 3.05) is 13.7 Å². The maximum absolute atomic E-state index is 12.9. The van der Waals surface area contributed by atoms with Crippen LogP contribution in [0.1, 0.15) is 34.8 Å². The maximum atomic E-state index is 12.9. The summed E-state index contributed by atoms with van der Waals surface area (Å²) in [6.45, 7) is 6.32. The van der Waals surface area contributed by atoms with Crippen LogP contribution in [0.2, 0.25) is 0 Å². The molecule has 0 aliphatic carbocycles. The number of aromatic nitrogens is 1. The fourth-order valence-corrected chi connectivity index (χ4v) is 4.06. The van der Waals surface area contributed by atoms with E-state index < -0.39 is 0 Å². The van der Waals surface area contributed by atoms with Crippen molar-refractivity contribution in [2.24, 2.45) is 4.99 Å². The molecule has 0 aliphatic rings. The Kier molecular flexibility index (Phi) is 6.49. The molecule has 6 nitrogen and oxygen atoms in total. The van der Waals surface area contributed by atoms with Crippen molar-refractivity contribution in [3.05, 3.63) is 57.9 Å². The van der Waals surface area contributed by atoms with Crippen LogP contribution in [0, 0.1) is 13.8 Å². The van der Waals surface area contributed by atoms with Gasteiger partial charge >= 0.3 is 5.97 Å². The zero-order valence-corrected chi connectivity index (χ0v) is 17.8. The third-order valence-electron chi connectivity index (χ3n) is 4.55. The molecule has 3 aromatic rings. The summed E-state index contributed by atoms with van der Waals surface area (Å²) in [5.74, 6) is 0.122. The van der Waals surface area contributed by atoms with Crippen LogP contribution < -0.4 is 9.54 Å². The molecular formula is C22H24N2O4S. The quantitative estimate of drug-likeness (QED) is 0.574. The Balaban J connectivity index is 2.08. The number of thiazole rings is 1. The molecule has 0 atom stereocenters. The molecule has 0 aliphatic heterocycles. The fraction of sp³-hybridized carbons (Fsp3) is 0.318. The van der Waals surface area contributed by atoms with Gasteiger partial charge in [-0.3, -0.25) is 9.59 Å². The number of hydrogen-bond donors (Lipinski definition) is 0. The van der Waals surface area contributed by atoms with Gasteiger partial charge in [0.1, 0.15) is 5.75 Å². The number of nitrogens with zero attached hydrogens (tertiary/aromatic N) is 2. The first kappa shape index (κ1) is 20.8. The van der Waals surface area contributed by atoms with E-state index in [9.17, 15) is 9.59 Å². The molecule has 2 aromatic carbocycles. The number of benzene rings is 2. The zero-order chi connectivity index (χ0) is 21.0. The van der Waals surface area contributed by atoms with E-state index in [2.05, 4.69) is 4.99 Å². The van der Waals surface area contributed by atoms with Gasteiger partial charge in [-0.1, -0.05) is 29.0 Å². The molecule has 1 amide bonds. The first-order valence-electron chi connectivity index (χ1n) is 9.42. The number of carbonyl (C=O) groups excluding carboxylic acids is 2. The Morgan fingerprint density at radius 1 is 1.14 bits per heavy atom. The second-order valence-corrected chi connectivity index (χ2v) is 7.67. The number of rotatable bonds is 6. The smallest absolute Gasteiger partial charge is 0.307 e. The largest absolute Gasteiger partial charge is 0.497 e. The van der Waals surface area contributed by atoms with E-state index in [0.29, 0.717) is 29.3 Å². The summed E-state index contributed by atoms with van der Waals surface area (Å²) >= 11 is 1.41. The van der Waals surface area contributed by atoms with E-state index in [-0.39, 0.29) is 18.3 Å². The van der Waals surface area contributed by atoms with Gasteiger partial charge < -0.3 is 14.0 Å². The van der Waals surface area contributed by atoms with Gasteiger partial charge in [0.15, 0.2) is 4.80 Å². The molecule has 29 heavy (non-hydrogen) atoms. The summed E-state index contributed by atoms with van der Waals surface area (Å²) in [7, 11) is 1.60. The minimum Gasteiger partial charge on any atom is -0.497 e. The SMILES string of the molecule is CCOC(=O)CCn1c(=NC(=O)c2cc(C)ccc2C)sc2ccc(OC)cc21. The standard InChI is InChI=1S/C22H24N2O4S/c1-5-28-20(25)10-11-24-18-13-16(27-4)8-9-19(18)29-22(24)23-21(26)17-12-14(2)6-7-15(17)3/h6-9,12-13H,5,10-11H2,1-4H3. The molecular weight excluding hydrogens is 388 g/mol. The van der Waals surface area contributed by atoms with E-state index in [0.717, 1.165) is 21.3 Å². The monoisotopic (exact) mass is 412 g/mol. The van der Waals surface area contributed by atoms with Gasteiger partial charge in [0.2, 0.25) is 0 Å². The van der Waals surface area contributed by atoms with E-state index >= 15 is 0 Å². The first-order valence-corrected chi connectivity index (χ1v) is 10.2. The number of esters is 1. The van der Waals surface area contributed by atoms with E-state index in [1.165, 1.54) is 11.3 Å². The van der Waals surface area contributed by atoms with Crippen LogP contribution in [-0.2, 0) is 16.1 Å². The molecule has 0 saturated carbocycles. The van der Waals surface area contributed by atoms with E-state index in [1.807, 2.05) is 54.8 Å². The first-order chi connectivity index (χ1) is 13.9. The summed E-state index contributed by atoms with van der Waals surface area (Å²) in [6.07, 6.45) is 0.196. The number of methoxy groups -OCH3 is 1. The van der Waals surface area contributed by atoms with Crippen LogP contribution >= 0.6 is 11.3 Å². The van der Waals surface area contributed by atoms with Gasteiger partial charge in [-0.05, 0) is 44.5 Å². The Labute approximate surface area is 173 Å². The number of aryl methyl sites for hydroxylation is 3. The Morgan fingerprint density at radius 2 is 1.93 bits per heavy atom. The number of fused-ring (bicyclic) bond motifs is 1. The Hall–Kier alpha value is -2.93. The molecule has 1 aromatic heterocycles. The highest BCUT2D eigenvalue weighted by molar-refractivity contribution is 7.16. The third kappa shape index (κ3) is 4.74. The predicted molar refractivity (Wildman–Crippen MR) is 113 cm³/mol. The highest BCUT2D eigenvalue weighted by Crippen LogP contribution is 2.23. The van der Waals surface area contributed by atoms with Crippen molar-refractivity contribution in [3.63, 3.8) is 0 Å². The number of amides is 1. The molecule has 0 spiro atoms. The average molecular weight is 413 g/mol. The van der Waals surface area contributed by atoms with Gasteiger partial charge in [0.05, 0.1) is 30.4 Å². The van der Waals surface area contributed by atoms with Gasteiger partial charge in [0.25, 0.3) is 5.91 Å². The summed E-state index contributed by atoms with van der Waals surface area (Å²) in [5, 5.41) is 0. The lowest BCUT2D eigenvalue weighted by Gasteiger charge is -2.07. The second-order valence-electron chi connectivity index (χ2n) is 6.66. The Morgan fingerprint density at radius 3 is 2.66 bits per heavy atom. The molecule has 0 fully saturated rings. The molecule has 0 radical (unpaired) electrons. The molecule has 7 heteroatoms. The number of hydrogen-bond acceptors (Lipinski definition) is 5. The van der Waals surface area contributed by atoms with E-state index in [1.54, 1.807) is 14.0 Å². The lowest BCUT2D eigenvalue weighted by molar-refractivity contribution is -0.143. The molecule has 3 rings (SSSR count). The highest BCUT2D eigenvalue weighted by atomic mass is 32.1. The molecule has 0 saturated heterocycles. The van der Waals surface area contributed by atoms with Crippen LogP contribution in [0.3, 0.4) is 0 Å². The van der Waals surface area contributed by atoms with Crippen LogP contribution in [-0.4, -0.2) is 30.2 Å². The van der Waals surface area contributed by atoms with Crippen LogP contribution in [0.15, 0.2) is 41.4 Å². The maximum Gasteiger partial charge on any atom is 0.307 e. The van der Waals surface area contributed by atoms with Crippen molar-refractivity contribution in [1.82, 2.24) is 4.57 Å². The average Bonchev–Trinajstić information content (AvgIpc) is 3.04. The van der Waals surface area contributed by atoms with Crippen LogP contribution in [0.5, 0.6) is 5.75 Å². The molecule has 0 N–H and O–H groups in total. The lowest BCUT2D eigenvalue weighted by Crippen LogP contribution is -2.19. The number of ether oxygens (including phenoxy) is 2. The summed E-state index contributed by atoms with van der Waals surface area (Å²) in [5.41, 5.74) is 3.33. The predicted octanol–water partition coefficient (Wildman–Crippen LogP) is 4.02.